The first-order valence-electron chi connectivity index (χ1n) is 7.14. The van der Waals surface area contributed by atoms with Crippen LogP contribution < -0.4 is 5.32 Å². The van der Waals surface area contributed by atoms with E-state index in [0.717, 1.165) is 29.7 Å². The van der Waals surface area contributed by atoms with Crippen molar-refractivity contribution >= 4 is 21.6 Å². The molecular weight excluding hydrogens is 314 g/mol. The Morgan fingerprint density at radius 1 is 1.25 bits per heavy atom. The molecule has 1 heterocycles. The zero-order valence-electron chi connectivity index (χ0n) is 12.2. The lowest BCUT2D eigenvalue weighted by Gasteiger charge is -2.09. The Labute approximate surface area is 128 Å². The number of hydrogen-bond donors (Lipinski definition) is 1. The zero-order chi connectivity index (χ0) is 14.3. The molecule has 3 heteroatoms. The van der Waals surface area contributed by atoms with Crippen molar-refractivity contribution in [3.63, 3.8) is 0 Å². The molecule has 2 atom stereocenters. The standard InChI is InChI=1S/C17H20BrNO/c1-10-8-15(10)16-5-4-14(20-16)9-19-13-6-11(2)17(18)12(3)7-13/h4-7,10,15,19H,8-9H2,1-3H3. The molecule has 2 aromatic rings. The molecule has 1 aromatic carbocycles. The van der Waals surface area contributed by atoms with Crippen molar-refractivity contribution in [3.05, 3.63) is 51.4 Å². The number of benzene rings is 1. The number of halogens is 1. The third-order valence-corrected chi connectivity index (χ3v) is 5.31. The molecule has 1 N–H and O–H groups in total. The normalized spacial score (nSPS) is 21.0. The molecule has 3 rings (SSSR count). The van der Waals surface area contributed by atoms with E-state index in [9.17, 15) is 0 Å². The van der Waals surface area contributed by atoms with Crippen molar-refractivity contribution in [1.29, 1.82) is 0 Å². The molecule has 1 aliphatic carbocycles. The zero-order valence-corrected chi connectivity index (χ0v) is 13.8. The summed E-state index contributed by atoms with van der Waals surface area (Å²) in [5.41, 5.74) is 3.64. The van der Waals surface area contributed by atoms with Crippen LogP contribution in [0.5, 0.6) is 0 Å². The van der Waals surface area contributed by atoms with E-state index in [0.29, 0.717) is 5.92 Å². The molecule has 0 amide bonds. The molecule has 1 saturated carbocycles. The van der Waals surface area contributed by atoms with E-state index in [1.54, 1.807) is 0 Å². The predicted octanol–water partition coefficient (Wildman–Crippen LogP) is 5.39. The fourth-order valence-electron chi connectivity index (χ4n) is 2.64. The Hall–Kier alpha value is -1.22. The molecule has 0 radical (unpaired) electrons. The van der Waals surface area contributed by atoms with Gasteiger partial charge in [0.1, 0.15) is 11.5 Å². The van der Waals surface area contributed by atoms with Crippen molar-refractivity contribution in [1.82, 2.24) is 0 Å². The van der Waals surface area contributed by atoms with Gasteiger partial charge in [-0.15, -0.1) is 0 Å². The second-order valence-electron chi connectivity index (χ2n) is 5.90. The molecule has 0 spiro atoms. The minimum atomic E-state index is 0.654. The summed E-state index contributed by atoms with van der Waals surface area (Å²) in [4.78, 5) is 0. The smallest absolute Gasteiger partial charge is 0.123 e. The van der Waals surface area contributed by atoms with Crippen LogP contribution in [0.2, 0.25) is 0 Å². The van der Waals surface area contributed by atoms with Crippen molar-refractivity contribution in [2.45, 2.75) is 39.7 Å². The Morgan fingerprint density at radius 3 is 2.50 bits per heavy atom. The summed E-state index contributed by atoms with van der Waals surface area (Å²) in [6.07, 6.45) is 1.27. The van der Waals surface area contributed by atoms with Crippen molar-refractivity contribution in [2.75, 3.05) is 5.32 Å². The van der Waals surface area contributed by atoms with Gasteiger partial charge < -0.3 is 9.73 Å². The van der Waals surface area contributed by atoms with E-state index in [4.69, 9.17) is 4.42 Å². The lowest BCUT2D eigenvalue weighted by molar-refractivity contribution is 0.468. The SMILES string of the molecule is Cc1cc(NCc2ccc(C3CC3C)o2)cc(C)c1Br. The maximum Gasteiger partial charge on any atom is 0.123 e. The molecule has 20 heavy (non-hydrogen) atoms. The Kier molecular flexibility index (Phi) is 3.63. The van der Waals surface area contributed by atoms with Crippen LogP contribution in [-0.2, 0) is 6.54 Å². The van der Waals surface area contributed by atoms with E-state index in [-0.39, 0.29) is 0 Å². The Morgan fingerprint density at radius 2 is 1.90 bits per heavy atom. The first-order chi connectivity index (χ1) is 9.54. The fourth-order valence-corrected chi connectivity index (χ4v) is 2.87. The van der Waals surface area contributed by atoms with Crippen LogP contribution in [0.3, 0.4) is 0 Å². The highest BCUT2D eigenvalue weighted by Gasteiger charge is 2.36. The highest BCUT2D eigenvalue weighted by atomic mass is 79.9. The maximum absolute atomic E-state index is 5.91. The van der Waals surface area contributed by atoms with Crippen LogP contribution >= 0.6 is 15.9 Å². The summed E-state index contributed by atoms with van der Waals surface area (Å²) in [6.45, 7) is 7.24. The minimum Gasteiger partial charge on any atom is -0.464 e. The van der Waals surface area contributed by atoms with Crippen molar-refractivity contribution in [3.8, 4) is 0 Å². The average Bonchev–Trinajstić information content (AvgIpc) is 2.96. The van der Waals surface area contributed by atoms with Gasteiger partial charge in [0.05, 0.1) is 6.54 Å². The van der Waals surface area contributed by atoms with Gasteiger partial charge in [-0.3, -0.25) is 0 Å². The molecule has 1 aliphatic rings. The summed E-state index contributed by atoms with van der Waals surface area (Å²) in [5.74, 6) is 3.61. The number of hydrogen-bond acceptors (Lipinski definition) is 2. The fraction of sp³-hybridized carbons (Fsp3) is 0.412. The van der Waals surface area contributed by atoms with Gasteiger partial charge in [-0.1, -0.05) is 22.9 Å². The van der Waals surface area contributed by atoms with E-state index in [1.807, 2.05) is 0 Å². The van der Waals surface area contributed by atoms with Crippen LogP contribution in [0.4, 0.5) is 5.69 Å². The van der Waals surface area contributed by atoms with Gasteiger partial charge in [-0.2, -0.15) is 0 Å². The average molecular weight is 334 g/mol. The first kappa shape index (κ1) is 13.7. The van der Waals surface area contributed by atoms with Gasteiger partial charge in [-0.25, -0.2) is 0 Å². The lowest BCUT2D eigenvalue weighted by atomic mass is 10.1. The van der Waals surface area contributed by atoms with Gasteiger partial charge in [0, 0.05) is 16.1 Å². The summed E-state index contributed by atoms with van der Waals surface area (Å²) in [5, 5.41) is 3.44. The van der Waals surface area contributed by atoms with Gasteiger partial charge in [0.25, 0.3) is 0 Å². The number of rotatable bonds is 4. The van der Waals surface area contributed by atoms with Crippen molar-refractivity contribution in [2.24, 2.45) is 5.92 Å². The van der Waals surface area contributed by atoms with Crippen LogP contribution in [0.25, 0.3) is 0 Å². The third-order valence-electron chi connectivity index (χ3n) is 4.06. The second kappa shape index (κ2) is 5.28. The number of aryl methyl sites for hydroxylation is 2. The van der Waals surface area contributed by atoms with E-state index in [1.165, 1.54) is 22.0 Å². The molecule has 0 saturated heterocycles. The van der Waals surface area contributed by atoms with Crippen LogP contribution in [-0.4, -0.2) is 0 Å². The Bertz CT molecular complexity index is 609. The predicted molar refractivity (Wildman–Crippen MR) is 86.2 cm³/mol. The summed E-state index contributed by atoms with van der Waals surface area (Å²) in [6, 6.07) is 8.53. The summed E-state index contributed by atoms with van der Waals surface area (Å²) >= 11 is 3.59. The highest BCUT2D eigenvalue weighted by molar-refractivity contribution is 9.10. The summed E-state index contributed by atoms with van der Waals surface area (Å²) in [7, 11) is 0. The molecule has 0 aliphatic heterocycles. The van der Waals surface area contributed by atoms with Crippen LogP contribution in [0, 0.1) is 19.8 Å². The largest absolute Gasteiger partial charge is 0.464 e. The lowest BCUT2D eigenvalue weighted by Crippen LogP contribution is -1.99. The molecule has 1 fully saturated rings. The molecule has 0 bridgehead atoms. The van der Waals surface area contributed by atoms with Crippen molar-refractivity contribution < 1.29 is 4.42 Å². The quantitative estimate of drug-likeness (QED) is 0.810. The van der Waals surface area contributed by atoms with Gasteiger partial charge in [0.15, 0.2) is 0 Å². The van der Waals surface area contributed by atoms with E-state index < -0.39 is 0 Å². The summed E-state index contributed by atoms with van der Waals surface area (Å²) < 4.78 is 7.10. The van der Waals surface area contributed by atoms with Crippen LogP contribution in [0.15, 0.2) is 33.2 Å². The van der Waals surface area contributed by atoms with E-state index in [2.05, 4.69) is 66.3 Å². The van der Waals surface area contributed by atoms with E-state index >= 15 is 0 Å². The number of nitrogens with one attached hydrogen (secondary N) is 1. The number of furan rings is 1. The van der Waals surface area contributed by atoms with Gasteiger partial charge in [0.2, 0.25) is 0 Å². The number of anilines is 1. The molecule has 2 unspecified atom stereocenters. The second-order valence-corrected chi connectivity index (χ2v) is 6.69. The highest BCUT2D eigenvalue weighted by Crippen LogP contribution is 2.47. The van der Waals surface area contributed by atoms with Gasteiger partial charge >= 0.3 is 0 Å². The molecule has 1 aromatic heterocycles. The third kappa shape index (κ3) is 2.78. The maximum atomic E-state index is 5.91. The monoisotopic (exact) mass is 333 g/mol. The molecular formula is C17H20BrNO. The van der Waals surface area contributed by atoms with Crippen LogP contribution in [0.1, 0.15) is 41.9 Å². The minimum absolute atomic E-state index is 0.654. The molecule has 2 nitrogen and oxygen atoms in total. The Balaban J connectivity index is 1.66. The first-order valence-corrected chi connectivity index (χ1v) is 7.93. The molecule has 106 valence electrons. The van der Waals surface area contributed by atoms with Gasteiger partial charge in [-0.05, 0) is 61.6 Å². The topological polar surface area (TPSA) is 25.2 Å².